The summed E-state index contributed by atoms with van der Waals surface area (Å²) in [5.74, 6) is -1.21. The van der Waals surface area contributed by atoms with Crippen molar-refractivity contribution in [3.05, 3.63) is 22.5 Å². The summed E-state index contributed by atoms with van der Waals surface area (Å²) in [6, 6.07) is 0. The summed E-state index contributed by atoms with van der Waals surface area (Å²) in [5, 5.41) is 16.2. The monoisotopic (exact) mass is 327 g/mol. The lowest BCUT2D eigenvalue weighted by atomic mass is 10.1. The Morgan fingerprint density at radius 3 is 2.55 bits per heavy atom. The Hall–Kier alpha value is -1.82. The maximum absolute atomic E-state index is 11.8. The van der Waals surface area contributed by atoms with E-state index in [-0.39, 0.29) is 0 Å². The van der Waals surface area contributed by atoms with Gasteiger partial charge in [-0.2, -0.15) is 5.10 Å². The van der Waals surface area contributed by atoms with Crippen LogP contribution in [0, 0.1) is 12.8 Å². The average Bonchev–Trinajstić information content (AvgIpc) is 2.60. The van der Waals surface area contributed by atoms with Crippen molar-refractivity contribution in [3.63, 3.8) is 0 Å². The van der Waals surface area contributed by atoms with E-state index in [0.717, 1.165) is 0 Å². The maximum Gasteiger partial charge on any atom is 0.328 e. The number of carbonyl (C=O) groups is 2. The number of aryl methyl sites for hydroxylation is 1. The van der Waals surface area contributed by atoms with Gasteiger partial charge in [0.15, 0.2) is 0 Å². The Morgan fingerprint density at radius 2 is 2.05 bits per heavy atom. The summed E-state index contributed by atoms with van der Waals surface area (Å²) < 4.78 is 1.69. The molecular formula is C15H22ClN3O3. The van der Waals surface area contributed by atoms with Gasteiger partial charge in [-0.05, 0) is 32.8 Å². The van der Waals surface area contributed by atoms with Gasteiger partial charge in [-0.15, -0.1) is 0 Å². The van der Waals surface area contributed by atoms with Gasteiger partial charge in [0.25, 0.3) is 0 Å². The van der Waals surface area contributed by atoms with E-state index < -0.39 is 17.4 Å². The lowest BCUT2D eigenvalue weighted by Crippen LogP contribution is -2.49. The van der Waals surface area contributed by atoms with E-state index in [1.165, 1.54) is 19.9 Å². The largest absolute Gasteiger partial charge is 0.480 e. The van der Waals surface area contributed by atoms with Gasteiger partial charge < -0.3 is 10.4 Å². The van der Waals surface area contributed by atoms with Gasteiger partial charge in [0, 0.05) is 18.2 Å². The van der Waals surface area contributed by atoms with Crippen LogP contribution in [0.25, 0.3) is 6.08 Å². The van der Waals surface area contributed by atoms with Crippen LogP contribution in [0.15, 0.2) is 6.08 Å². The predicted molar refractivity (Wildman–Crippen MR) is 85.7 cm³/mol. The maximum atomic E-state index is 11.8. The molecule has 0 aromatic carbocycles. The van der Waals surface area contributed by atoms with Gasteiger partial charge in [-0.1, -0.05) is 25.4 Å². The standard InChI is InChI=1S/C15H22ClN3O3/c1-9(2)8-19-13(16)11(10(3)18-19)6-7-12(20)17-15(4,5)14(21)22/h6-7,9H,8H2,1-5H3,(H,17,20)(H,21,22). The number of hydrogen-bond donors (Lipinski definition) is 2. The van der Waals surface area contributed by atoms with Crippen molar-refractivity contribution in [2.24, 2.45) is 5.92 Å². The summed E-state index contributed by atoms with van der Waals surface area (Å²) in [5.41, 5.74) is 0.0417. The molecule has 0 radical (unpaired) electrons. The molecule has 0 spiro atoms. The zero-order chi connectivity index (χ0) is 17.1. The number of nitrogens with zero attached hydrogens (tertiary/aromatic N) is 2. The highest BCUT2D eigenvalue weighted by Crippen LogP contribution is 2.22. The molecule has 0 saturated heterocycles. The molecule has 1 aromatic rings. The zero-order valence-electron chi connectivity index (χ0n) is 13.5. The molecule has 0 fully saturated rings. The minimum atomic E-state index is -1.33. The summed E-state index contributed by atoms with van der Waals surface area (Å²) in [6.45, 7) is 9.45. The highest BCUT2D eigenvalue weighted by atomic mass is 35.5. The molecular weight excluding hydrogens is 306 g/mol. The molecule has 22 heavy (non-hydrogen) atoms. The Labute approximate surface area is 135 Å². The molecule has 1 amide bonds. The number of aromatic nitrogens is 2. The van der Waals surface area contributed by atoms with E-state index in [2.05, 4.69) is 24.3 Å². The highest BCUT2D eigenvalue weighted by molar-refractivity contribution is 6.31. The molecule has 1 heterocycles. The van der Waals surface area contributed by atoms with E-state index in [0.29, 0.717) is 28.9 Å². The van der Waals surface area contributed by atoms with Crippen molar-refractivity contribution in [1.29, 1.82) is 0 Å². The van der Waals surface area contributed by atoms with Crippen molar-refractivity contribution in [2.75, 3.05) is 0 Å². The Kier molecular flexibility index (Phi) is 5.77. The molecule has 122 valence electrons. The van der Waals surface area contributed by atoms with Crippen molar-refractivity contribution < 1.29 is 14.7 Å². The second kappa shape index (κ2) is 6.96. The quantitative estimate of drug-likeness (QED) is 0.786. The van der Waals surface area contributed by atoms with Crippen molar-refractivity contribution in [2.45, 2.75) is 46.7 Å². The average molecular weight is 328 g/mol. The third-order valence-electron chi connectivity index (χ3n) is 3.02. The molecule has 7 heteroatoms. The van der Waals surface area contributed by atoms with Gasteiger partial charge in [0.05, 0.1) is 5.69 Å². The van der Waals surface area contributed by atoms with Crippen LogP contribution in [-0.4, -0.2) is 32.3 Å². The first-order valence-electron chi connectivity index (χ1n) is 7.01. The number of carboxylic acid groups (broad SMARTS) is 1. The molecule has 1 rings (SSSR count). The molecule has 2 N–H and O–H groups in total. The van der Waals surface area contributed by atoms with Crippen LogP contribution < -0.4 is 5.32 Å². The molecule has 6 nitrogen and oxygen atoms in total. The molecule has 0 atom stereocenters. The van der Waals surface area contributed by atoms with Crippen LogP contribution in [0.4, 0.5) is 0 Å². The minimum absolute atomic E-state index is 0.397. The van der Waals surface area contributed by atoms with Crippen molar-refractivity contribution in [1.82, 2.24) is 15.1 Å². The molecule has 0 unspecified atom stereocenters. The minimum Gasteiger partial charge on any atom is -0.480 e. The third-order valence-corrected chi connectivity index (χ3v) is 3.42. The summed E-state index contributed by atoms with van der Waals surface area (Å²) in [4.78, 5) is 22.8. The van der Waals surface area contributed by atoms with Crippen LogP contribution in [0.3, 0.4) is 0 Å². The SMILES string of the molecule is Cc1nn(CC(C)C)c(Cl)c1C=CC(=O)NC(C)(C)C(=O)O. The van der Waals surface area contributed by atoms with E-state index in [9.17, 15) is 9.59 Å². The summed E-state index contributed by atoms with van der Waals surface area (Å²) in [6.07, 6.45) is 2.81. The molecule has 0 saturated carbocycles. The van der Waals surface area contributed by atoms with Crippen molar-refractivity contribution in [3.8, 4) is 0 Å². The number of carbonyl (C=O) groups excluding carboxylic acids is 1. The fourth-order valence-electron chi connectivity index (χ4n) is 1.79. The first-order chi connectivity index (χ1) is 10.0. The van der Waals surface area contributed by atoms with Crippen LogP contribution in [0.5, 0.6) is 0 Å². The normalized spacial score (nSPS) is 12.1. The van der Waals surface area contributed by atoms with Gasteiger partial charge in [-0.25, -0.2) is 4.79 Å². The van der Waals surface area contributed by atoms with Gasteiger partial charge in [-0.3, -0.25) is 9.48 Å². The first-order valence-corrected chi connectivity index (χ1v) is 7.39. The molecule has 0 aliphatic rings. The van der Waals surface area contributed by atoms with Crippen LogP contribution in [-0.2, 0) is 16.1 Å². The van der Waals surface area contributed by atoms with E-state index in [1.54, 1.807) is 10.8 Å². The van der Waals surface area contributed by atoms with Gasteiger partial charge in [0.2, 0.25) is 5.91 Å². The lowest BCUT2D eigenvalue weighted by Gasteiger charge is -2.19. The number of nitrogens with one attached hydrogen (secondary N) is 1. The van der Waals surface area contributed by atoms with Crippen molar-refractivity contribution >= 4 is 29.6 Å². The summed E-state index contributed by atoms with van der Waals surface area (Å²) in [7, 11) is 0. The number of rotatable bonds is 6. The smallest absolute Gasteiger partial charge is 0.328 e. The van der Waals surface area contributed by atoms with Gasteiger partial charge in [0.1, 0.15) is 10.7 Å². The number of hydrogen-bond acceptors (Lipinski definition) is 3. The van der Waals surface area contributed by atoms with Gasteiger partial charge >= 0.3 is 5.97 Å². The number of aliphatic carboxylic acids is 1. The number of carboxylic acids is 1. The Balaban J connectivity index is 2.89. The van der Waals surface area contributed by atoms with Crippen LogP contribution in [0.1, 0.15) is 39.0 Å². The van der Waals surface area contributed by atoms with Crippen LogP contribution in [0.2, 0.25) is 5.15 Å². The van der Waals surface area contributed by atoms with E-state index >= 15 is 0 Å². The highest BCUT2D eigenvalue weighted by Gasteiger charge is 2.28. The van der Waals surface area contributed by atoms with E-state index in [1.807, 2.05) is 6.92 Å². The molecule has 0 aliphatic carbocycles. The number of halogens is 1. The molecule has 0 bridgehead atoms. The third kappa shape index (κ3) is 4.59. The molecule has 0 aliphatic heterocycles. The second-order valence-electron chi connectivity index (χ2n) is 6.12. The summed E-state index contributed by atoms with van der Waals surface area (Å²) >= 11 is 6.26. The fraction of sp³-hybridized carbons (Fsp3) is 0.533. The Bertz CT molecular complexity index is 603. The number of amides is 1. The lowest BCUT2D eigenvalue weighted by molar-refractivity contribution is -0.145. The van der Waals surface area contributed by atoms with E-state index in [4.69, 9.17) is 16.7 Å². The first kappa shape index (κ1) is 18.2. The topological polar surface area (TPSA) is 84.2 Å². The Morgan fingerprint density at radius 1 is 1.45 bits per heavy atom. The second-order valence-corrected chi connectivity index (χ2v) is 6.48. The fourth-order valence-corrected chi connectivity index (χ4v) is 2.09. The predicted octanol–water partition coefficient (Wildman–Crippen LogP) is 2.49. The zero-order valence-corrected chi connectivity index (χ0v) is 14.2. The molecule has 1 aromatic heterocycles. The van der Waals surface area contributed by atoms with Crippen LogP contribution >= 0.6 is 11.6 Å².